The smallest absolute Gasteiger partial charge is 0.321 e. The monoisotopic (exact) mass is 328 g/mol. The number of carboxylic acid groups (broad SMARTS) is 1. The number of thiazole rings is 1. The largest absolute Gasteiger partial charge is 0.480 e. The van der Waals surface area contributed by atoms with Crippen LogP contribution in [-0.4, -0.2) is 30.5 Å². The van der Waals surface area contributed by atoms with Crippen LogP contribution in [0.4, 0.5) is 0 Å². The van der Waals surface area contributed by atoms with Gasteiger partial charge in [0.05, 0.1) is 20.6 Å². The molecule has 2 N–H and O–H groups in total. The van der Waals surface area contributed by atoms with Crippen LogP contribution in [0.25, 0.3) is 10.2 Å². The predicted octanol–water partition coefficient (Wildman–Crippen LogP) is 2.07. The molecule has 0 saturated carbocycles. The molecule has 0 radical (unpaired) electrons. The first-order valence-corrected chi connectivity index (χ1v) is 8.74. The molecule has 8 heteroatoms. The van der Waals surface area contributed by atoms with Crippen molar-refractivity contribution in [2.24, 2.45) is 5.92 Å². The van der Waals surface area contributed by atoms with E-state index >= 15 is 0 Å². The molecule has 2 rings (SSSR count). The summed E-state index contributed by atoms with van der Waals surface area (Å²) in [5.41, 5.74) is 2.35. The number of rotatable bonds is 6. The van der Waals surface area contributed by atoms with Crippen LogP contribution in [0.1, 0.15) is 20.3 Å². The molecule has 0 amide bonds. The van der Waals surface area contributed by atoms with Gasteiger partial charge in [0.2, 0.25) is 10.0 Å². The molecule has 0 unspecified atom stereocenters. The minimum atomic E-state index is -3.87. The molecule has 0 spiro atoms. The van der Waals surface area contributed by atoms with Crippen molar-refractivity contribution in [1.82, 2.24) is 9.71 Å². The van der Waals surface area contributed by atoms with Crippen molar-refractivity contribution in [3.05, 3.63) is 23.7 Å². The lowest BCUT2D eigenvalue weighted by Gasteiger charge is -2.16. The summed E-state index contributed by atoms with van der Waals surface area (Å²) < 4.78 is 27.6. The topological polar surface area (TPSA) is 96.4 Å². The van der Waals surface area contributed by atoms with E-state index in [0.29, 0.717) is 0 Å². The molecular weight excluding hydrogens is 312 g/mol. The quantitative estimate of drug-likeness (QED) is 0.846. The summed E-state index contributed by atoms with van der Waals surface area (Å²) in [6, 6.07) is 3.41. The van der Waals surface area contributed by atoms with Gasteiger partial charge >= 0.3 is 5.97 Å². The van der Waals surface area contributed by atoms with Crippen molar-refractivity contribution in [3.63, 3.8) is 0 Å². The Hall–Kier alpha value is -1.51. The second-order valence-electron chi connectivity index (χ2n) is 5.12. The van der Waals surface area contributed by atoms with Crippen molar-refractivity contribution in [1.29, 1.82) is 0 Å². The number of nitrogens with one attached hydrogen (secondary N) is 1. The standard InChI is InChI=1S/C13H16N2O4S2/c1-8(2)5-11(13(16)17)15-21(18,19)9-3-4-10-12(6-9)20-7-14-10/h3-4,6-8,11,15H,5H2,1-2H3,(H,16,17)/t11-/m0/s1. The zero-order chi connectivity index (χ0) is 15.6. The Bertz CT molecular complexity index is 752. The van der Waals surface area contributed by atoms with E-state index in [1.807, 2.05) is 13.8 Å². The number of carbonyl (C=O) groups is 1. The number of benzene rings is 1. The van der Waals surface area contributed by atoms with E-state index in [-0.39, 0.29) is 17.2 Å². The van der Waals surface area contributed by atoms with E-state index in [1.165, 1.54) is 23.5 Å². The number of nitrogens with zero attached hydrogens (tertiary/aromatic N) is 1. The van der Waals surface area contributed by atoms with E-state index in [4.69, 9.17) is 5.11 Å². The first-order valence-electron chi connectivity index (χ1n) is 6.38. The Morgan fingerprint density at radius 2 is 2.14 bits per heavy atom. The van der Waals surface area contributed by atoms with Gasteiger partial charge < -0.3 is 5.11 Å². The lowest BCUT2D eigenvalue weighted by molar-refractivity contribution is -0.139. The van der Waals surface area contributed by atoms with Gasteiger partial charge in [-0.05, 0) is 30.5 Å². The maximum Gasteiger partial charge on any atom is 0.321 e. The molecule has 1 aromatic heterocycles. The summed E-state index contributed by atoms with van der Waals surface area (Å²) in [5, 5.41) is 9.14. The van der Waals surface area contributed by atoms with Crippen molar-refractivity contribution in [3.8, 4) is 0 Å². The van der Waals surface area contributed by atoms with Crippen molar-refractivity contribution in [2.45, 2.75) is 31.2 Å². The SMILES string of the molecule is CC(C)C[C@H](NS(=O)(=O)c1ccc2ncsc2c1)C(=O)O. The average molecular weight is 328 g/mol. The zero-order valence-electron chi connectivity index (χ0n) is 11.6. The third kappa shape index (κ3) is 3.78. The number of aromatic nitrogens is 1. The first kappa shape index (κ1) is 15.9. The highest BCUT2D eigenvalue weighted by molar-refractivity contribution is 7.89. The molecule has 114 valence electrons. The fourth-order valence-electron chi connectivity index (χ4n) is 1.93. The molecule has 0 bridgehead atoms. The second-order valence-corrected chi connectivity index (χ2v) is 7.72. The number of aliphatic carboxylic acids is 1. The fourth-order valence-corrected chi connectivity index (χ4v) is 3.95. The number of hydrogen-bond acceptors (Lipinski definition) is 5. The predicted molar refractivity (Wildman–Crippen MR) is 80.8 cm³/mol. The first-order chi connectivity index (χ1) is 9.79. The van der Waals surface area contributed by atoms with E-state index in [9.17, 15) is 13.2 Å². The van der Waals surface area contributed by atoms with Crippen molar-refractivity contribution in [2.75, 3.05) is 0 Å². The molecule has 0 aliphatic carbocycles. The van der Waals surface area contributed by atoms with Gasteiger partial charge in [0.1, 0.15) is 6.04 Å². The summed E-state index contributed by atoms with van der Waals surface area (Å²) in [6.45, 7) is 3.68. The Balaban J connectivity index is 2.29. The van der Waals surface area contributed by atoms with Crippen LogP contribution in [0, 0.1) is 5.92 Å². The Morgan fingerprint density at radius 1 is 1.43 bits per heavy atom. The van der Waals surface area contributed by atoms with Gasteiger partial charge in [0.15, 0.2) is 0 Å². The molecule has 0 aliphatic heterocycles. The Morgan fingerprint density at radius 3 is 2.76 bits per heavy atom. The van der Waals surface area contributed by atoms with Gasteiger partial charge in [0.25, 0.3) is 0 Å². The number of sulfonamides is 1. The van der Waals surface area contributed by atoms with E-state index < -0.39 is 22.0 Å². The molecule has 6 nitrogen and oxygen atoms in total. The minimum Gasteiger partial charge on any atom is -0.480 e. The van der Waals surface area contributed by atoms with Crippen LogP contribution in [0.3, 0.4) is 0 Å². The molecule has 21 heavy (non-hydrogen) atoms. The van der Waals surface area contributed by atoms with E-state index in [2.05, 4.69) is 9.71 Å². The fraction of sp³-hybridized carbons (Fsp3) is 0.385. The van der Waals surface area contributed by atoms with Crippen LogP contribution in [-0.2, 0) is 14.8 Å². The summed E-state index contributed by atoms with van der Waals surface area (Å²) in [4.78, 5) is 15.3. The molecule has 0 saturated heterocycles. The molecule has 1 aromatic carbocycles. The van der Waals surface area contributed by atoms with Gasteiger partial charge in [-0.25, -0.2) is 13.4 Å². The normalized spacial score (nSPS) is 13.7. The second kappa shape index (κ2) is 6.08. The maximum absolute atomic E-state index is 12.3. The van der Waals surface area contributed by atoms with E-state index in [1.54, 1.807) is 11.6 Å². The molecular formula is C13H16N2O4S2. The van der Waals surface area contributed by atoms with Crippen LogP contribution in [0.2, 0.25) is 0 Å². The van der Waals surface area contributed by atoms with Crippen LogP contribution in [0.5, 0.6) is 0 Å². The van der Waals surface area contributed by atoms with E-state index in [0.717, 1.165) is 10.2 Å². The average Bonchev–Trinajstić information content (AvgIpc) is 2.84. The molecule has 1 atom stereocenters. The van der Waals surface area contributed by atoms with Crippen molar-refractivity contribution >= 4 is 37.5 Å². The lowest BCUT2D eigenvalue weighted by atomic mass is 10.1. The minimum absolute atomic E-state index is 0.0502. The van der Waals surface area contributed by atoms with Gasteiger partial charge in [-0.3, -0.25) is 4.79 Å². The highest BCUT2D eigenvalue weighted by Gasteiger charge is 2.26. The number of carboxylic acids is 1. The molecule has 2 aromatic rings. The molecule has 0 aliphatic rings. The third-order valence-corrected chi connectivity index (χ3v) is 5.18. The maximum atomic E-state index is 12.3. The molecule has 0 fully saturated rings. The Labute approximate surface area is 126 Å². The highest BCUT2D eigenvalue weighted by atomic mass is 32.2. The third-order valence-electron chi connectivity index (χ3n) is 2.92. The Kier molecular flexibility index (Phi) is 4.60. The van der Waals surface area contributed by atoms with Crippen LogP contribution in [0.15, 0.2) is 28.6 Å². The number of fused-ring (bicyclic) bond motifs is 1. The summed E-state index contributed by atoms with van der Waals surface area (Å²) in [5.74, 6) is -1.11. The van der Waals surface area contributed by atoms with Crippen molar-refractivity contribution < 1.29 is 18.3 Å². The lowest BCUT2D eigenvalue weighted by Crippen LogP contribution is -2.41. The van der Waals surface area contributed by atoms with Gasteiger partial charge in [-0.1, -0.05) is 13.8 Å². The summed E-state index contributed by atoms with van der Waals surface area (Å²) in [6.07, 6.45) is 0.233. The molecule has 1 heterocycles. The van der Waals surface area contributed by atoms with Crippen LogP contribution < -0.4 is 4.72 Å². The number of hydrogen-bond donors (Lipinski definition) is 2. The van der Waals surface area contributed by atoms with Gasteiger partial charge in [0, 0.05) is 0 Å². The summed E-state index contributed by atoms with van der Waals surface area (Å²) >= 11 is 1.33. The van der Waals surface area contributed by atoms with Crippen LogP contribution >= 0.6 is 11.3 Å². The van der Waals surface area contributed by atoms with Gasteiger partial charge in [-0.2, -0.15) is 4.72 Å². The van der Waals surface area contributed by atoms with Gasteiger partial charge in [-0.15, -0.1) is 11.3 Å². The summed E-state index contributed by atoms with van der Waals surface area (Å²) in [7, 11) is -3.87. The highest BCUT2D eigenvalue weighted by Crippen LogP contribution is 2.22. The zero-order valence-corrected chi connectivity index (χ0v) is 13.2.